The maximum atomic E-state index is 12.7. The van der Waals surface area contributed by atoms with Crippen molar-refractivity contribution in [3.05, 3.63) is 57.6 Å². The minimum Gasteiger partial charge on any atom is -0.376 e. The molecule has 2 aromatic rings. The third-order valence-electron chi connectivity index (χ3n) is 5.77. The number of halogens is 2. The Hall–Kier alpha value is -3.10. The number of carbonyl (C=O) groups excluding carboxylic acids is 4. The van der Waals surface area contributed by atoms with E-state index in [2.05, 4.69) is 10.6 Å². The number of carbonyl (C=O) groups is 4. The second-order valence-corrected chi connectivity index (χ2v) is 8.80. The van der Waals surface area contributed by atoms with Crippen LogP contribution in [0.5, 0.6) is 0 Å². The molecule has 0 aliphatic heterocycles. The van der Waals surface area contributed by atoms with E-state index in [1.54, 1.807) is 50.2 Å². The van der Waals surface area contributed by atoms with Crippen LogP contribution in [-0.4, -0.2) is 24.1 Å². The predicted octanol–water partition coefficient (Wildman–Crippen LogP) is 6.27. The Kier molecular flexibility index (Phi) is 8.52. The first-order valence-corrected chi connectivity index (χ1v) is 11.5. The zero-order chi connectivity index (χ0) is 24.8. The van der Waals surface area contributed by atoms with Gasteiger partial charge in [0.15, 0.2) is 0 Å². The van der Waals surface area contributed by atoms with Crippen LogP contribution in [0.1, 0.15) is 36.8 Å². The van der Waals surface area contributed by atoms with Crippen molar-refractivity contribution in [1.82, 2.24) is 0 Å². The minimum absolute atomic E-state index is 0.330. The highest BCUT2D eigenvalue weighted by Crippen LogP contribution is 2.33. The summed E-state index contributed by atoms with van der Waals surface area (Å²) in [5.74, 6) is -3.53. The summed E-state index contributed by atoms with van der Waals surface area (Å²) in [5, 5.41) is 5.85. The van der Waals surface area contributed by atoms with Gasteiger partial charge in [0.2, 0.25) is 0 Å². The molecule has 3 rings (SSSR count). The van der Waals surface area contributed by atoms with Gasteiger partial charge in [-0.3, -0.25) is 20.2 Å². The number of hydrogen-bond acceptors (Lipinski definition) is 6. The molecule has 2 aromatic carbocycles. The molecule has 1 saturated carbocycles. The number of rotatable bonds is 4. The molecule has 0 spiro atoms. The van der Waals surface area contributed by atoms with Gasteiger partial charge in [-0.05, 0) is 62.1 Å². The number of ether oxygens (including phenoxy) is 2. The summed E-state index contributed by atoms with van der Waals surface area (Å²) in [6.07, 6.45) is 0.0390. The molecule has 2 atom stereocenters. The third-order valence-corrected chi connectivity index (χ3v) is 6.59. The van der Waals surface area contributed by atoms with Crippen LogP contribution in [0.3, 0.4) is 0 Å². The molecule has 0 aromatic heterocycles. The Morgan fingerprint density at radius 1 is 0.735 bits per heavy atom. The van der Waals surface area contributed by atoms with E-state index in [0.29, 0.717) is 58.2 Å². The van der Waals surface area contributed by atoms with E-state index in [1.807, 2.05) is 0 Å². The van der Waals surface area contributed by atoms with Gasteiger partial charge in [-0.1, -0.05) is 48.2 Å². The summed E-state index contributed by atoms with van der Waals surface area (Å²) in [6.45, 7) is 3.42. The molecule has 180 valence electrons. The first-order valence-electron chi connectivity index (χ1n) is 10.7. The lowest BCUT2D eigenvalue weighted by atomic mass is 9.79. The fraction of sp³-hybridized carbons (Fsp3) is 0.333. The van der Waals surface area contributed by atoms with E-state index >= 15 is 0 Å². The summed E-state index contributed by atoms with van der Waals surface area (Å²) in [7, 11) is 0. The summed E-state index contributed by atoms with van der Waals surface area (Å²) in [4.78, 5) is 49.9. The fourth-order valence-electron chi connectivity index (χ4n) is 3.79. The van der Waals surface area contributed by atoms with Crippen molar-refractivity contribution in [2.75, 3.05) is 10.6 Å². The summed E-state index contributed by atoms with van der Waals surface area (Å²) in [5.41, 5.74) is 2.04. The highest BCUT2D eigenvalue weighted by atomic mass is 35.5. The van der Waals surface area contributed by atoms with E-state index in [4.69, 9.17) is 32.7 Å². The number of benzene rings is 2. The van der Waals surface area contributed by atoms with Crippen LogP contribution < -0.4 is 10.6 Å². The Bertz CT molecular complexity index is 1030. The van der Waals surface area contributed by atoms with Crippen molar-refractivity contribution in [2.24, 2.45) is 11.8 Å². The molecule has 1 aliphatic carbocycles. The smallest absolute Gasteiger partial charge is 0.376 e. The van der Waals surface area contributed by atoms with Gasteiger partial charge < -0.3 is 9.47 Å². The molecule has 2 amide bonds. The number of nitrogens with one attached hydrogen (secondary N) is 2. The van der Waals surface area contributed by atoms with E-state index in [9.17, 15) is 19.2 Å². The molecule has 0 heterocycles. The second-order valence-electron chi connectivity index (χ2n) is 7.99. The number of anilines is 2. The lowest BCUT2D eigenvalue weighted by Crippen LogP contribution is -2.37. The summed E-state index contributed by atoms with van der Waals surface area (Å²) < 4.78 is 9.89. The molecule has 1 fully saturated rings. The van der Waals surface area contributed by atoms with E-state index in [0.717, 1.165) is 0 Å². The molecule has 0 bridgehead atoms. The molecule has 0 saturated heterocycles. The molecule has 34 heavy (non-hydrogen) atoms. The van der Waals surface area contributed by atoms with Gasteiger partial charge in [-0.25, -0.2) is 9.59 Å². The lowest BCUT2D eigenvalue weighted by molar-refractivity contribution is -0.155. The number of amides is 2. The topological polar surface area (TPSA) is 111 Å². The molecule has 2 N–H and O–H groups in total. The number of esters is 2. The monoisotopic (exact) mass is 506 g/mol. The Morgan fingerprint density at radius 2 is 1.12 bits per heavy atom. The molecule has 8 nitrogen and oxygen atoms in total. The third kappa shape index (κ3) is 6.27. The van der Waals surface area contributed by atoms with Crippen molar-refractivity contribution in [3.8, 4) is 0 Å². The number of hydrogen-bond donors (Lipinski definition) is 2. The van der Waals surface area contributed by atoms with Gasteiger partial charge in [-0.15, -0.1) is 0 Å². The van der Waals surface area contributed by atoms with Crippen LogP contribution in [0.4, 0.5) is 21.0 Å². The van der Waals surface area contributed by atoms with E-state index in [-0.39, 0.29) is 0 Å². The highest BCUT2D eigenvalue weighted by Gasteiger charge is 2.39. The largest absolute Gasteiger partial charge is 0.419 e. The van der Waals surface area contributed by atoms with Crippen molar-refractivity contribution in [1.29, 1.82) is 0 Å². The average Bonchev–Trinajstić information content (AvgIpc) is 2.80. The molecular formula is C24H24Cl2N2O6. The molecule has 0 radical (unpaired) electrons. The normalized spacial score (nSPS) is 17.4. The minimum atomic E-state index is -0.984. The first kappa shape index (κ1) is 25.5. The van der Waals surface area contributed by atoms with Crippen molar-refractivity contribution in [3.63, 3.8) is 0 Å². The predicted molar refractivity (Wildman–Crippen MR) is 128 cm³/mol. The van der Waals surface area contributed by atoms with Crippen LogP contribution in [0.2, 0.25) is 10.0 Å². The molecule has 2 unspecified atom stereocenters. The summed E-state index contributed by atoms with van der Waals surface area (Å²) in [6, 6.07) is 9.87. The molecule has 1 aliphatic rings. The molecular weight excluding hydrogens is 483 g/mol. The van der Waals surface area contributed by atoms with Gasteiger partial charge in [0.1, 0.15) is 0 Å². The molecule has 10 heteroatoms. The summed E-state index contributed by atoms with van der Waals surface area (Å²) >= 11 is 12.1. The zero-order valence-electron chi connectivity index (χ0n) is 18.7. The van der Waals surface area contributed by atoms with Gasteiger partial charge in [0.05, 0.1) is 11.8 Å². The van der Waals surface area contributed by atoms with Gasteiger partial charge in [0.25, 0.3) is 0 Å². The van der Waals surface area contributed by atoms with E-state index < -0.39 is 36.0 Å². The van der Waals surface area contributed by atoms with Crippen molar-refractivity contribution < 1.29 is 28.7 Å². The van der Waals surface area contributed by atoms with Crippen molar-refractivity contribution >= 4 is 58.7 Å². The Balaban J connectivity index is 1.61. The zero-order valence-corrected chi connectivity index (χ0v) is 20.2. The van der Waals surface area contributed by atoms with E-state index in [1.165, 1.54) is 0 Å². The van der Waals surface area contributed by atoms with Crippen LogP contribution in [-0.2, 0) is 19.1 Å². The Labute approximate surface area is 206 Å². The van der Waals surface area contributed by atoms with Crippen LogP contribution >= 0.6 is 23.2 Å². The standard InChI is InChI=1S/C24H24Cl2N2O6/c1-13-17(25)9-5-11-19(13)27-23(31)33-21(29)15-7-3-4-8-16(15)22(30)34-24(32)28-20-12-6-10-18(26)14(20)2/h5-6,9-12,15-16H,3-4,7-8H2,1-2H3,(H,27,31)(H,28,32). The SMILES string of the molecule is Cc1c(Cl)cccc1NC(=O)OC(=O)C1CCCCC1C(=O)OC(=O)Nc1cccc(Cl)c1C. The Morgan fingerprint density at radius 3 is 1.50 bits per heavy atom. The van der Waals surface area contributed by atoms with Crippen molar-refractivity contribution in [2.45, 2.75) is 39.5 Å². The van der Waals surface area contributed by atoms with Gasteiger partial charge in [-0.2, -0.15) is 0 Å². The quantitative estimate of drug-likeness (QED) is 0.373. The van der Waals surface area contributed by atoms with Gasteiger partial charge in [0, 0.05) is 21.4 Å². The average molecular weight is 507 g/mol. The van der Waals surface area contributed by atoms with Crippen LogP contribution in [0.15, 0.2) is 36.4 Å². The second kappa shape index (κ2) is 11.4. The van der Waals surface area contributed by atoms with Crippen LogP contribution in [0.25, 0.3) is 0 Å². The maximum Gasteiger partial charge on any atom is 0.419 e. The van der Waals surface area contributed by atoms with Gasteiger partial charge >= 0.3 is 24.1 Å². The van der Waals surface area contributed by atoms with Crippen LogP contribution in [0, 0.1) is 25.7 Å². The lowest BCUT2D eigenvalue weighted by Gasteiger charge is -2.27. The highest BCUT2D eigenvalue weighted by molar-refractivity contribution is 6.32. The first-order chi connectivity index (χ1) is 16.2. The maximum absolute atomic E-state index is 12.7. The fourth-order valence-corrected chi connectivity index (χ4v) is 4.14.